The molecule has 2 aromatic rings. The monoisotopic (exact) mass is 346 g/mol. The highest BCUT2D eigenvalue weighted by Gasteiger charge is 2.28. The summed E-state index contributed by atoms with van der Waals surface area (Å²) >= 11 is 0.802. The molecule has 1 aromatic heterocycles. The molecule has 0 saturated carbocycles. The van der Waals surface area contributed by atoms with Crippen molar-refractivity contribution in [3.8, 4) is 0 Å². The Morgan fingerprint density at radius 2 is 1.67 bits per heavy atom. The second kappa shape index (κ2) is 5.39. The Morgan fingerprint density at radius 3 is 2.14 bits per heavy atom. The number of benzene rings is 1. The third-order valence-electron chi connectivity index (χ3n) is 2.71. The maximum atomic E-state index is 12.6. The molecular formula is C12H14N2O4S3. The van der Waals surface area contributed by atoms with E-state index in [0.717, 1.165) is 23.2 Å². The number of sulfone groups is 2. The Bertz CT molecular complexity index is 866. The van der Waals surface area contributed by atoms with Crippen LogP contribution in [0.4, 0.5) is 5.00 Å². The highest BCUT2D eigenvalue weighted by Crippen LogP contribution is 2.34. The molecule has 114 valence electrons. The lowest BCUT2D eigenvalue weighted by atomic mass is 10.2. The van der Waals surface area contributed by atoms with Gasteiger partial charge in [-0.3, -0.25) is 0 Å². The molecule has 0 radical (unpaired) electrons. The van der Waals surface area contributed by atoms with Crippen molar-refractivity contribution < 1.29 is 16.8 Å². The van der Waals surface area contributed by atoms with Gasteiger partial charge in [0, 0.05) is 13.3 Å². The highest BCUT2D eigenvalue weighted by molar-refractivity contribution is 7.93. The predicted molar refractivity (Wildman–Crippen MR) is 81.4 cm³/mol. The van der Waals surface area contributed by atoms with Gasteiger partial charge in [-0.2, -0.15) is 0 Å². The average Bonchev–Trinajstić information content (AvgIpc) is 2.84. The molecule has 0 unspecified atom stereocenters. The van der Waals surface area contributed by atoms with Gasteiger partial charge in [-0.05, 0) is 19.1 Å². The van der Waals surface area contributed by atoms with Crippen LogP contribution in [0.3, 0.4) is 0 Å². The van der Waals surface area contributed by atoms with E-state index >= 15 is 0 Å². The van der Waals surface area contributed by atoms with Crippen molar-refractivity contribution in [3.05, 3.63) is 29.8 Å². The van der Waals surface area contributed by atoms with Crippen molar-refractivity contribution in [2.45, 2.75) is 21.2 Å². The fourth-order valence-corrected chi connectivity index (χ4v) is 5.12. The molecular weight excluding hydrogens is 332 g/mol. The van der Waals surface area contributed by atoms with Crippen LogP contribution in [0.2, 0.25) is 0 Å². The molecule has 0 spiro atoms. The van der Waals surface area contributed by atoms with Crippen molar-refractivity contribution in [2.24, 2.45) is 0 Å². The molecule has 0 bridgehead atoms. The standard InChI is InChI=1S/C12H14N2O4S3/c1-8-4-6-9(7-5-8)21(17,18)11-10(13-2)19-12(14-11)20(3,15)16/h4-7,13H,1-3H3. The number of rotatable bonds is 4. The number of anilines is 1. The summed E-state index contributed by atoms with van der Waals surface area (Å²) < 4.78 is 48.0. The van der Waals surface area contributed by atoms with E-state index in [2.05, 4.69) is 10.3 Å². The minimum atomic E-state index is -3.87. The van der Waals surface area contributed by atoms with Crippen LogP contribution in [0.15, 0.2) is 38.5 Å². The molecule has 9 heteroatoms. The molecule has 1 N–H and O–H groups in total. The van der Waals surface area contributed by atoms with Crippen molar-refractivity contribution >= 4 is 36.0 Å². The number of hydrogen-bond donors (Lipinski definition) is 1. The maximum Gasteiger partial charge on any atom is 0.226 e. The summed E-state index contributed by atoms with van der Waals surface area (Å²) in [5, 5.41) is 2.63. The van der Waals surface area contributed by atoms with Crippen molar-refractivity contribution in [1.82, 2.24) is 4.98 Å². The molecule has 0 fully saturated rings. The van der Waals surface area contributed by atoms with Crippen LogP contribution >= 0.6 is 11.3 Å². The summed E-state index contributed by atoms with van der Waals surface area (Å²) in [7, 11) is -5.90. The number of nitrogens with one attached hydrogen (secondary N) is 1. The summed E-state index contributed by atoms with van der Waals surface area (Å²) in [6.07, 6.45) is 0.994. The summed E-state index contributed by atoms with van der Waals surface area (Å²) in [5.41, 5.74) is 0.929. The van der Waals surface area contributed by atoms with Crippen LogP contribution in [0.5, 0.6) is 0 Å². The predicted octanol–water partition coefficient (Wildman–Crippen LogP) is 1.73. The van der Waals surface area contributed by atoms with Gasteiger partial charge >= 0.3 is 0 Å². The second-order valence-corrected chi connectivity index (χ2v) is 9.51. The zero-order valence-corrected chi connectivity index (χ0v) is 14.1. The van der Waals surface area contributed by atoms with Gasteiger partial charge < -0.3 is 5.32 Å². The molecule has 0 atom stereocenters. The van der Waals surface area contributed by atoms with E-state index in [9.17, 15) is 16.8 Å². The average molecular weight is 346 g/mol. The van der Waals surface area contributed by atoms with Gasteiger partial charge in [0.1, 0.15) is 5.00 Å². The Balaban J connectivity index is 2.65. The Morgan fingerprint density at radius 1 is 1.10 bits per heavy atom. The first-order chi connectivity index (χ1) is 9.66. The van der Waals surface area contributed by atoms with E-state index in [1.165, 1.54) is 19.2 Å². The minimum absolute atomic E-state index is 0.0787. The van der Waals surface area contributed by atoms with E-state index in [1.807, 2.05) is 6.92 Å². The van der Waals surface area contributed by atoms with Gasteiger partial charge in [-0.15, -0.1) is 0 Å². The topological polar surface area (TPSA) is 93.2 Å². The molecule has 21 heavy (non-hydrogen) atoms. The minimum Gasteiger partial charge on any atom is -0.378 e. The van der Waals surface area contributed by atoms with E-state index in [1.54, 1.807) is 12.1 Å². The van der Waals surface area contributed by atoms with Crippen LogP contribution in [-0.2, 0) is 19.7 Å². The summed E-state index contributed by atoms with van der Waals surface area (Å²) in [4.78, 5) is 3.88. The van der Waals surface area contributed by atoms with Crippen LogP contribution in [0.1, 0.15) is 5.56 Å². The number of aryl methyl sites for hydroxylation is 1. The third-order valence-corrected chi connectivity index (χ3v) is 7.28. The molecule has 2 rings (SSSR count). The molecule has 1 aromatic carbocycles. The maximum absolute atomic E-state index is 12.6. The van der Waals surface area contributed by atoms with Gasteiger partial charge in [0.2, 0.25) is 24.0 Å². The van der Waals surface area contributed by atoms with Crippen molar-refractivity contribution in [1.29, 1.82) is 0 Å². The first-order valence-corrected chi connectivity index (χ1v) is 10.1. The van der Waals surface area contributed by atoms with Crippen molar-refractivity contribution in [3.63, 3.8) is 0 Å². The van der Waals surface area contributed by atoms with Crippen LogP contribution in [0.25, 0.3) is 0 Å². The largest absolute Gasteiger partial charge is 0.378 e. The van der Waals surface area contributed by atoms with Gasteiger partial charge in [-0.1, -0.05) is 29.0 Å². The summed E-state index contributed by atoms with van der Waals surface area (Å²) in [6, 6.07) is 6.30. The fraction of sp³-hybridized carbons (Fsp3) is 0.250. The highest BCUT2D eigenvalue weighted by atomic mass is 32.2. The summed E-state index contributed by atoms with van der Waals surface area (Å²) in [6.45, 7) is 1.85. The molecule has 0 aliphatic carbocycles. The van der Waals surface area contributed by atoms with Gasteiger partial charge in [0.25, 0.3) is 0 Å². The van der Waals surface area contributed by atoms with E-state index < -0.39 is 19.7 Å². The van der Waals surface area contributed by atoms with E-state index in [0.29, 0.717) is 0 Å². The summed E-state index contributed by atoms with van der Waals surface area (Å²) in [5.74, 6) is 0. The lowest BCUT2D eigenvalue weighted by Gasteiger charge is -2.04. The first kappa shape index (κ1) is 15.9. The lowest BCUT2D eigenvalue weighted by Crippen LogP contribution is -2.06. The number of nitrogens with zero attached hydrogens (tertiary/aromatic N) is 1. The van der Waals surface area contributed by atoms with Crippen LogP contribution in [-0.4, -0.2) is 35.1 Å². The smallest absolute Gasteiger partial charge is 0.226 e. The Hall–Kier alpha value is -1.45. The molecule has 1 heterocycles. The normalized spacial score (nSPS) is 12.3. The van der Waals surface area contributed by atoms with Crippen molar-refractivity contribution in [2.75, 3.05) is 18.6 Å². The SMILES string of the molecule is CNc1sc(S(C)(=O)=O)nc1S(=O)(=O)c1ccc(C)cc1. The van der Waals surface area contributed by atoms with Crippen LogP contribution < -0.4 is 5.32 Å². The Kier molecular flexibility index (Phi) is 4.09. The zero-order chi connectivity index (χ0) is 15.8. The molecule has 6 nitrogen and oxygen atoms in total. The van der Waals surface area contributed by atoms with Gasteiger partial charge in [0.05, 0.1) is 4.90 Å². The van der Waals surface area contributed by atoms with Crippen LogP contribution in [0, 0.1) is 6.92 Å². The Labute approximate surface area is 127 Å². The molecule has 0 aliphatic heterocycles. The quantitative estimate of drug-likeness (QED) is 0.906. The number of hydrogen-bond acceptors (Lipinski definition) is 7. The molecule has 0 aliphatic rings. The zero-order valence-electron chi connectivity index (χ0n) is 11.6. The lowest BCUT2D eigenvalue weighted by molar-refractivity contribution is 0.591. The third kappa shape index (κ3) is 3.09. The van der Waals surface area contributed by atoms with E-state index in [-0.39, 0.29) is 19.3 Å². The number of aromatic nitrogens is 1. The molecule has 0 amide bonds. The second-order valence-electron chi connectivity index (χ2n) is 4.45. The fourth-order valence-electron chi connectivity index (χ4n) is 1.62. The molecule has 0 saturated heterocycles. The first-order valence-electron chi connectivity index (χ1n) is 5.86. The van der Waals surface area contributed by atoms with Gasteiger partial charge in [-0.25, -0.2) is 21.8 Å². The van der Waals surface area contributed by atoms with Gasteiger partial charge in [0.15, 0.2) is 5.03 Å². The van der Waals surface area contributed by atoms with E-state index in [4.69, 9.17) is 0 Å². The number of thiazole rings is 1.